The van der Waals surface area contributed by atoms with Gasteiger partial charge in [-0.1, -0.05) is 42.5 Å². The second-order valence-electron chi connectivity index (χ2n) is 4.04. The molecule has 0 amide bonds. The van der Waals surface area contributed by atoms with Crippen molar-refractivity contribution in [1.29, 1.82) is 0 Å². The first-order chi connectivity index (χ1) is 8.88. The van der Waals surface area contributed by atoms with Crippen molar-refractivity contribution in [3.8, 4) is 0 Å². The third-order valence-corrected chi connectivity index (χ3v) is 2.70. The van der Waals surface area contributed by atoms with E-state index in [1.165, 1.54) is 11.8 Å². The van der Waals surface area contributed by atoms with E-state index in [0.717, 1.165) is 17.8 Å². The van der Waals surface area contributed by atoms with Crippen molar-refractivity contribution >= 4 is 24.3 Å². The Morgan fingerprint density at radius 3 is 2.26 bits per heavy atom. The van der Waals surface area contributed by atoms with Gasteiger partial charge in [0, 0.05) is 12.2 Å². The fourth-order valence-corrected chi connectivity index (χ4v) is 1.70. The minimum Gasteiger partial charge on any atom is -0.381 e. The Morgan fingerprint density at radius 2 is 1.63 bits per heavy atom. The number of hydrogen-bond acceptors (Lipinski definition) is 1. The van der Waals surface area contributed by atoms with Crippen LogP contribution in [-0.4, -0.2) is 11.0 Å². The number of rotatable bonds is 5. The number of anilines is 1. The maximum absolute atomic E-state index is 8.35. The van der Waals surface area contributed by atoms with Gasteiger partial charge in [-0.15, -0.1) is 12.4 Å². The molecule has 0 atom stereocenters. The zero-order valence-electron chi connectivity index (χ0n) is 10.5. The summed E-state index contributed by atoms with van der Waals surface area (Å²) in [6, 6.07) is 18.4. The van der Waals surface area contributed by atoms with Gasteiger partial charge in [-0.25, -0.2) is 0 Å². The molecule has 2 aromatic carbocycles. The van der Waals surface area contributed by atoms with Crippen LogP contribution in [0.4, 0.5) is 5.69 Å². The molecule has 0 aliphatic carbocycles. The van der Waals surface area contributed by atoms with Gasteiger partial charge in [0.25, 0.3) is 6.21 Å². The summed E-state index contributed by atoms with van der Waals surface area (Å²) >= 11 is 0. The average molecular weight is 274 g/mol. The van der Waals surface area contributed by atoms with Crippen LogP contribution in [0.5, 0.6) is 0 Å². The third kappa shape index (κ3) is 4.96. The molecule has 0 spiro atoms. The van der Waals surface area contributed by atoms with Gasteiger partial charge in [-0.05, 0) is 23.3 Å². The first kappa shape index (κ1) is 15.0. The summed E-state index contributed by atoms with van der Waals surface area (Å²) < 4.78 is 0. The highest BCUT2D eigenvalue weighted by atomic mass is 35.5. The molecule has 0 aliphatic rings. The van der Waals surface area contributed by atoms with Crippen molar-refractivity contribution in [3.05, 3.63) is 71.3 Å². The zero-order chi connectivity index (χ0) is 12.6. The summed E-state index contributed by atoms with van der Waals surface area (Å²) in [6.07, 6.45) is 2.13. The molecule has 2 rings (SSSR count). The Balaban J connectivity index is 0.00000180. The zero-order valence-corrected chi connectivity index (χ0v) is 11.3. The Kier molecular flexibility index (Phi) is 6.37. The molecule has 3 nitrogen and oxygen atoms in total. The second kappa shape index (κ2) is 8.09. The largest absolute Gasteiger partial charge is 0.381 e. The Labute approximate surface area is 119 Å². The normalized spacial score (nSPS) is 9.05. The van der Waals surface area contributed by atoms with Crippen molar-refractivity contribution in [1.82, 2.24) is 0 Å². The van der Waals surface area contributed by atoms with Gasteiger partial charge in [-0.3, -0.25) is 0 Å². The molecule has 2 aromatic rings. The van der Waals surface area contributed by atoms with Crippen molar-refractivity contribution < 1.29 is 4.79 Å². The van der Waals surface area contributed by atoms with E-state index in [1.807, 2.05) is 42.5 Å². The van der Waals surface area contributed by atoms with Crippen LogP contribution in [0.1, 0.15) is 11.1 Å². The predicted octanol–water partition coefficient (Wildman–Crippen LogP) is 3.56. The van der Waals surface area contributed by atoms with E-state index in [-0.39, 0.29) is 12.4 Å². The van der Waals surface area contributed by atoms with Crippen LogP contribution < -0.4 is 5.32 Å². The highest BCUT2D eigenvalue weighted by Gasteiger charge is 1.95. The van der Waals surface area contributed by atoms with Crippen LogP contribution in [0, 0.1) is 0 Å². The van der Waals surface area contributed by atoms with Gasteiger partial charge in [0.15, 0.2) is 0 Å². The minimum absolute atomic E-state index is 0. The van der Waals surface area contributed by atoms with Gasteiger partial charge in [0.05, 0.1) is 6.42 Å². The maximum Gasteiger partial charge on any atom is 0.261 e. The lowest BCUT2D eigenvalue weighted by Gasteiger charge is -2.06. The summed E-state index contributed by atoms with van der Waals surface area (Å²) in [5, 5.41) is 3.36. The maximum atomic E-state index is 8.35. The molecule has 0 radical (unpaired) electrons. The molecule has 1 N–H and O–H groups in total. The van der Waals surface area contributed by atoms with Crippen LogP contribution in [-0.2, 0) is 13.0 Å². The monoisotopic (exact) mass is 273 g/mol. The van der Waals surface area contributed by atoms with E-state index in [0.29, 0.717) is 6.42 Å². The SMILES string of the molecule is Cl.[N-]=[N+]=CCc1ccc(NCc2ccccc2)cc1. The van der Waals surface area contributed by atoms with Crippen LogP contribution in [0.25, 0.3) is 5.53 Å². The standard InChI is InChI=1S/C15H15N3.ClH/c16-18-11-10-13-6-8-15(9-7-13)17-12-14-4-2-1-3-5-14;/h1-9,11,17H,10,12H2;1H. The van der Waals surface area contributed by atoms with Crippen molar-refractivity contribution in [2.45, 2.75) is 13.0 Å². The lowest BCUT2D eigenvalue weighted by Crippen LogP contribution is -1.99. The smallest absolute Gasteiger partial charge is 0.261 e. The summed E-state index contributed by atoms with van der Waals surface area (Å²) in [5.74, 6) is 0. The summed E-state index contributed by atoms with van der Waals surface area (Å²) in [5.41, 5.74) is 11.8. The summed E-state index contributed by atoms with van der Waals surface area (Å²) in [7, 11) is 0. The van der Waals surface area contributed by atoms with Gasteiger partial charge < -0.3 is 10.8 Å². The van der Waals surface area contributed by atoms with E-state index in [2.05, 4.69) is 22.2 Å². The molecule has 0 saturated heterocycles. The molecule has 98 valence electrons. The number of halogens is 1. The molecule has 19 heavy (non-hydrogen) atoms. The van der Waals surface area contributed by atoms with E-state index in [9.17, 15) is 0 Å². The molecule has 0 saturated carbocycles. The van der Waals surface area contributed by atoms with Crippen LogP contribution in [0.3, 0.4) is 0 Å². The fraction of sp³-hybridized carbons (Fsp3) is 0.133. The topological polar surface area (TPSA) is 48.4 Å². The van der Waals surface area contributed by atoms with Crippen molar-refractivity contribution in [3.63, 3.8) is 0 Å². The molecular formula is C15H16ClN3. The number of nitrogens with one attached hydrogen (secondary N) is 1. The van der Waals surface area contributed by atoms with Gasteiger partial charge in [0.1, 0.15) is 0 Å². The third-order valence-electron chi connectivity index (χ3n) is 2.70. The molecule has 4 heteroatoms. The second-order valence-corrected chi connectivity index (χ2v) is 4.04. The summed E-state index contributed by atoms with van der Waals surface area (Å²) in [4.78, 5) is 2.99. The molecule has 0 heterocycles. The van der Waals surface area contributed by atoms with Gasteiger partial charge in [-0.2, -0.15) is 4.79 Å². The van der Waals surface area contributed by atoms with E-state index in [1.54, 1.807) is 0 Å². The average Bonchev–Trinajstić information content (AvgIpc) is 2.45. The first-order valence-corrected chi connectivity index (χ1v) is 5.91. The first-order valence-electron chi connectivity index (χ1n) is 5.91. The lowest BCUT2D eigenvalue weighted by molar-refractivity contribution is 0.00157. The Morgan fingerprint density at radius 1 is 0.947 bits per heavy atom. The molecule has 0 aliphatic heterocycles. The number of benzene rings is 2. The predicted molar refractivity (Wildman–Crippen MR) is 80.8 cm³/mol. The van der Waals surface area contributed by atoms with Crippen LogP contribution in [0.2, 0.25) is 0 Å². The summed E-state index contributed by atoms with van der Waals surface area (Å²) in [6.45, 7) is 0.818. The fourth-order valence-electron chi connectivity index (χ4n) is 1.70. The van der Waals surface area contributed by atoms with Crippen molar-refractivity contribution in [2.24, 2.45) is 0 Å². The van der Waals surface area contributed by atoms with Gasteiger partial charge >= 0.3 is 0 Å². The van der Waals surface area contributed by atoms with Crippen LogP contribution >= 0.6 is 12.4 Å². The molecule has 0 aromatic heterocycles. The van der Waals surface area contributed by atoms with E-state index >= 15 is 0 Å². The number of hydrogen-bond donors (Lipinski definition) is 1. The molecule has 0 fully saturated rings. The van der Waals surface area contributed by atoms with E-state index < -0.39 is 0 Å². The van der Waals surface area contributed by atoms with Crippen LogP contribution in [0.15, 0.2) is 54.6 Å². The highest BCUT2D eigenvalue weighted by molar-refractivity contribution is 5.85. The molecule has 0 bridgehead atoms. The lowest BCUT2D eigenvalue weighted by atomic mass is 10.1. The number of nitrogens with zero attached hydrogens (tertiary/aromatic N) is 2. The molecular weight excluding hydrogens is 258 g/mol. The Hall–Kier alpha value is -2.09. The van der Waals surface area contributed by atoms with Gasteiger partial charge in [0.2, 0.25) is 0 Å². The molecule has 0 unspecified atom stereocenters. The quantitative estimate of drug-likeness (QED) is 0.505. The minimum atomic E-state index is 0. The Bertz CT molecular complexity index is 531. The van der Waals surface area contributed by atoms with Crippen molar-refractivity contribution in [2.75, 3.05) is 5.32 Å². The van der Waals surface area contributed by atoms with E-state index in [4.69, 9.17) is 5.53 Å². The highest BCUT2D eigenvalue weighted by Crippen LogP contribution is 2.11.